The van der Waals surface area contributed by atoms with Gasteiger partial charge in [0.15, 0.2) is 16.3 Å². The zero-order valence-corrected chi connectivity index (χ0v) is 17.2. The minimum absolute atomic E-state index is 0.388. The van der Waals surface area contributed by atoms with E-state index in [2.05, 4.69) is 24.8 Å². The highest BCUT2D eigenvalue weighted by molar-refractivity contribution is 7.99. The highest BCUT2D eigenvalue weighted by atomic mass is 32.2. The number of imidazole rings is 2. The number of benzene rings is 1. The number of aromatic amines is 2. The van der Waals surface area contributed by atoms with Crippen LogP contribution in [-0.4, -0.2) is 61.1 Å². The predicted octanol–water partition coefficient (Wildman–Crippen LogP) is 0.928. The molecule has 5 rings (SSSR count). The van der Waals surface area contributed by atoms with Gasteiger partial charge in [-0.2, -0.15) is 4.98 Å². The van der Waals surface area contributed by atoms with E-state index in [1.54, 1.807) is 18.8 Å². The van der Waals surface area contributed by atoms with Gasteiger partial charge >= 0.3 is 5.69 Å². The number of hydrogen-bond donors (Lipinski definition) is 2. The summed E-state index contributed by atoms with van der Waals surface area (Å²) >= 11 is 1.58. The molecule has 0 amide bonds. The lowest BCUT2D eigenvalue weighted by Crippen LogP contribution is -2.38. The van der Waals surface area contributed by atoms with E-state index in [0.29, 0.717) is 55.7 Å². The van der Waals surface area contributed by atoms with Crippen LogP contribution in [0.25, 0.3) is 22.2 Å². The summed E-state index contributed by atoms with van der Waals surface area (Å²) in [6, 6.07) is 7.89. The molecule has 3 aromatic heterocycles. The first-order valence-corrected chi connectivity index (χ1v) is 10.7. The van der Waals surface area contributed by atoms with Gasteiger partial charge in [-0.15, -0.1) is 0 Å². The lowest BCUT2D eigenvalue weighted by Gasteiger charge is -2.28. The molecule has 1 aromatic carbocycles. The number of rotatable bonds is 5. The van der Waals surface area contributed by atoms with Crippen molar-refractivity contribution in [2.75, 3.05) is 37.0 Å². The quantitative estimate of drug-likeness (QED) is 0.456. The Hall–Kier alpha value is -3.05. The minimum Gasteiger partial charge on any atom is -0.378 e. The maximum Gasteiger partial charge on any atom is 0.329 e. The molecule has 1 saturated heterocycles. The molecule has 30 heavy (non-hydrogen) atoms. The summed E-state index contributed by atoms with van der Waals surface area (Å²) < 4.78 is 8.73. The molecule has 0 spiro atoms. The van der Waals surface area contributed by atoms with Crippen molar-refractivity contribution in [3.05, 3.63) is 45.1 Å². The molecular formula is C19H21N7O3S. The van der Waals surface area contributed by atoms with Crippen molar-refractivity contribution in [1.29, 1.82) is 0 Å². The van der Waals surface area contributed by atoms with E-state index in [1.165, 1.54) is 4.57 Å². The average Bonchev–Trinajstić information content (AvgIpc) is 3.34. The first kappa shape index (κ1) is 18.9. The average molecular weight is 427 g/mol. The van der Waals surface area contributed by atoms with Crippen LogP contribution in [-0.2, 0) is 18.3 Å². The van der Waals surface area contributed by atoms with Crippen molar-refractivity contribution in [2.24, 2.45) is 7.05 Å². The number of nitrogens with zero attached hydrogens (tertiary/aromatic N) is 5. The van der Waals surface area contributed by atoms with Gasteiger partial charge in [0.2, 0.25) is 5.95 Å². The Balaban J connectivity index is 1.48. The lowest BCUT2D eigenvalue weighted by molar-refractivity contribution is 0.121. The van der Waals surface area contributed by atoms with Crippen LogP contribution in [0.3, 0.4) is 0 Å². The Morgan fingerprint density at radius 1 is 1.13 bits per heavy atom. The molecule has 2 N–H and O–H groups in total. The third-order valence-corrected chi connectivity index (χ3v) is 6.06. The van der Waals surface area contributed by atoms with Crippen LogP contribution in [0.1, 0.15) is 0 Å². The zero-order valence-electron chi connectivity index (χ0n) is 16.4. The molecule has 1 fully saturated rings. The number of anilines is 1. The van der Waals surface area contributed by atoms with E-state index in [-0.39, 0.29) is 0 Å². The molecule has 0 radical (unpaired) electrons. The SMILES string of the molecule is Cn1c(=O)[nH]c(=O)c2c1nc(N1CCOCC1)n2CCSc1nc2ccccc2[nH]1. The van der Waals surface area contributed by atoms with E-state index in [0.717, 1.165) is 16.2 Å². The third kappa shape index (κ3) is 3.29. The van der Waals surface area contributed by atoms with Gasteiger partial charge in [-0.3, -0.25) is 14.3 Å². The van der Waals surface area contributed by atoms with Gasteiger partial charge in [-0.05, 0) is 12.1 Å². The van der Waals surface area contributed by atoms with Gasteiger partial charge in [0.25, 0.3) is 5.56 Å². The van der Waals surface area contributed by atoms with E-state index in [9.17, 15) is 9.59 Å². The van der Waals surface area contributed by atoms with Gasteiger partial charge < -0.3 is 19.2 Å². The van der Waals surface area contributed by atoms with E-state index >= 15 is 0 Å². The van der Waals surface area contributed by atoms with Crippen LogP contribution in [0, 0.1) is 0 Å². The Bertz CT molecular complexity index is 1300. The molecule has 0 saturated carbocycles. The van der Waals surface area contributed by atoms with Gasteiger partial charge in [0.1, 0.15) is 0 Å². The van der Waals surface area contributed by atoms with Crippen LogP contribution in [0.5, 0.6) is 0 Å². The third-order valence-electron chi connectivity index (χ3n) is 5.20. The van der Waals surface area contributed by atoms with Crippen LogP contribution >= 0.6 is 11.8 Å². The largest absolute Gasteiger partial charge is 0.378 e. The molecule has 11 heteroatoms. The number of aromatic nitrogens is 6. The van der Waals surface area contributed by atoms with Crippen LogP contribution < -0.4 is 16.1 Å². The molecule has 4 heterocycles. The molecule has 1 aliphatic rings. The second kappa shape index (κ2) is 7.65. The first-order chi connectivity index (χ1) is 14.6. The highest BCUT2D eigenvalue weighted by Crippen LogP contribution is 2.23. The van der Waals surface area contributed by atoms with E-state index < -0.39 is 11.2 Å². The summed E-state index contributed by atoms with van der Waals surface area (Å²) in [6.45, 7) is 3.13. The predicted molar refractivity (Wildman–Crippen MR) is 115 cm³/mol. The lowest BCUT2D eigenvalue weighted by atomic mass is 10.3. The van der Waals surface area contributed by atoms with Crippen LogP contribution in [0.2, 0.25) is 0 Å². The molecule has 0 atom stereocenters. The first-order valence-electron chi connectivity index (χ1n) is 9.71. The normalized spacial score (nSPS) is 14.8. The molecule has 1 aliphatic heterocycles. The summed E-state index contributed by atoms with van der Waals surface area (Å²) in [5, 5.41) is 0.829. The fraction of sp³-hybridized carbons (Fsp3) is 0.368. The molecule has 0 aliphatic carbocycles. The Labute approximate surface area is 174 Å². The van der Waals surface area contributed by atoms with Crippen molar-refractivity contribution in [2.45, 2.75) is 11.7 Å². The smallest absolute Gasteiger partial charge is 0.329 e. The van der Waals surface area contributed by atoms with Crippen molar-refractivity contribution in [1.82, 2.24) is 29.1 Å². The van der Waals surface area contributed by atoms with E-state index in [1.807, 2.05) is 28.8 Å². The molecule has 0 unspecified atom stereocenters. The van der Waals surface area contributed by atoms with E-state index in [4.69, 9.17) is 4.74 Å². The van der Waals surface area contributed by atoms with Crippen molar-refractivity contribution < 1.29 is 4.74 Å². The van der Waals surface area contributed by atoms with Crippen molar-refractivity contribution >= 4 is 39.9 Å². The van der Waals surface area contributed by atoms with Gasteiger partial charge in [-0.1, -0.05) is 23.9 Å². The summed E-state index contributed by atoms with van der Waals surface area (Å²) in [7, 11) is 1.62. The van der Waals surface area contributed by atoms with Crippen molar-refractivity contribution in [3.63, 3.8) is 0 Å². The summed E-state index contributed by atoms with van der Waals surface area (Å²) in [5.41, 5.74) is 1.82. The number of nitrogens with one attached hydrogen (secondary N) is 2. The fourth-order valence-electron chi connectivity index (χ4n) is 3.67. The topological polar surface area (TPSA) is 114 Å². The number of thioether (sulfide) groups is 1. The maximum absolute atomic E-state index is 12.6. The summed E-state index contributed by atoms with van der Waals surface area (Å²) in [5.74, 6) is 1.37. The molecule has 0 bridgehead atoms. The number of aryl methyl sites for hydroxylation is 2. The van der Waals surface area contributed by atoms with Gasteiger partial charge in [-0.25, -0.2) is 9.78 Å². The highest BCUT2D eigenvalue weighted by Gasteiger charge is 2.23. The minimum atomic E-state index is -0.470. The number of H-pyrrole nitrogens is 2. The zero-order chi connectivity index (χ0) is 20.7. The Morgan fingerprint density at radius 2 is 1.93 bits per heavy atom. The standard InChI is InChI=1S/C19H21N7O3S/c1-24-15-14(16(27)23-19(24)28)26(18(22-15)25-6-9-29-10-7-25)8-11-30-17-20-12-4-2-3-5-13(12)21-17/h2-5H,6-11H2,1H3,(H,20,21)(H,23,27,28). The number of ether oxygens (including phenoxy) is 1. The second-order valence-corrected chi connectivity index (χ2v) is 8.14. The van der Waals surface area contributed by atoms with Crippen LogP contribution in [0.15, 0.2) is 39.0 Å². The number of hydrogen-bond acceptors (Lipinski definition) is 7. The summed E-state index contributed by atoms with van der Waals surface area (Å²) in [4.78, 5) is 41.7. The fourth-order valence-corrected chi connectivity index (χ4v) is 4.48. The van der Waals surface area contributed by atoms with Crippen molar-refractivity contribution in [3.8, 4) is 0 Å². The Kier molecular flexibility index (Phi) is 4.83. The maximum atomic E-state index is 12.6. The number of para-hydroxylation sites is 2. The van der Waals surface area contributed by atoms with Crippen LogP contribution in [0.4, 0.5) is 5.95 Å². The monoisotopic (exact) mass is 427 g/mol. The molecule has 4 aromatic rings. The second-order valence-electron chi connectivity index (χ2n) is 7.06. The van der Waals surface area contributed by atoms with Gasteiger partial charge in [0.05, 0.1) is 24.2 Å². The number of fused-ring (bicyclic) bond motifs is 2. The van der Waals surface area contributed by atoms with Gasteiger partial charge in [0, 0.05) is 32.4 Å². The molecular weight excluding hydrogens is 406 g/mol. The number of morpholine rings is 1. The molecule has 10 nitrogen and oxygen atoms in total. The summed E-state index contributed by atoms with van der Waals surface area (Å²) in [6.07, 6.45) is 0. The molecule has 156 valence electrons. The Morgan fingerprint density at radius 3 is 2.73 bits per heavy atom.